The van der Waals surface area contributed by atoms with E-state index in [0.29, 0.717) is 31.7 Å². The zero-order valence-corrected chi connectivity index (χ0v) is 12.6. The van der Waals surface area contributed by atoms with Crippen LogP contribution in [0.15, 0.2) is 24.3 Å². The van der Waals surface area contributed by atoms with Gasteiger partial charge in [0, 0.05) is 26.0 Å². The molecule has 1 aromatic carbocycles. The zero-order valence-electron chi connectivity index (χ0n) is 11.8. The van der Waals surface area contributed by atoms with Crippen molar-refractivity contribution >= 4 is 11.8 Å². The van der Waals surface area contributed by atoms with Crippen molar-refractivity contribution in [2.24, 2.45) is 0 Å². The van der Waals surface area contributed by atoms with E-state index in [1.807, 2.05) is 0 Å². The van der Waals surface area contributed by atoms with Crippen LogP contribution < -0.4 is 5.32 Å². The summed E-state index contributed by atoms with van der Waals surface area (Å²) in [4.78, 5) is 0. The number of thioether (sulfide) groups is 1. The number of rotatable bonds is 9. The molecule has 0 saturated heterocycles. The molecule has 0 amide bonds. The van der Waals surface area contributed by atoms with Gasteiger partial charge >= 0.3 is 5.51 Å². The van der Waals surface area contributed by atoms with E-state index < -0.39 is 5.51 Å². The number of hydrogen-bond donors (Lipinski definition) is 1. The average Bonchev–Trinajstić information content (AvgIpc) is 2.40. The van der Waals surface area contributed by atoms with Gasteiger partial charge in [-0.15, -0.1) is 0 Å². The minimum atomic E-state index is -4.23. The van der Waals surface area contributed by atoms with Crippen molar-refractivity contribution in [2.75, 3.05) is 32.6 Å². The summed E-state index contributed by atoms with van der Waals surface area (Å²) in [6, 6.07) is 6.01. The minimum Gasteiger partial charge on any atom is -0.383 e. The van der Waals surface area contributed by atoms with Crippen LogP contribution >= 0.6 is 11.8 Å². The summed E-state index contributed by atoms with van der Waals surface area (Å²) in [5.74, 6) is -0.582. The smallest absolute Gasteiger partial charge is 0.383 e. The molecule has 1 atom stereocenters. The van der Waals surface area contributed by atoms with Gasteiger partial charge in [0.1, 0.15) is 5.82 Å². The molecule has 1 N–H and O–H groups in total. The topological polar surface area (TPSA) is 21.3 Å². The summed E-state index contributed by atoms with van der Waals surface area (Å²) in [5.41, 5.74) is -3.52. The zero-order chi connectivity index (χ0) is 15.7. The predicted molar refractivity (Wildman–Crippen MR) is 77.0 cm³/mol. The first-order valence-corrected chi connectivity index (χ1v) is 7.56. The van der Waals surface area contributed by atoms with E-state index in [0.717, 1.165) is 0 Å². The van der Waals surface area contributed by atoms with Crippen LogP contribution in [0.5, 0.6) is 0 Å². The largest absolute Gasteiger partial charge is 0.441 e. The van der Waals surface area contributed by atoms with Crippen LogP contribution in [-0.2, 0) is 4.74 Å². The molecule has 0 aliphatic carbocycles. The van der Waals surface area contributed by atoms with E-state index in [-0.39, 0.29) is 29.2 Å². The van der Waals surface area contributed by atoms with Gasteiger partial charge in [0.2, 0.25) is 0 Å². The van der Waals surface area contributed by atoms with Crippen molar-refractivity contribution in [1.82, 2.24) is 5.32 Å². The second-order valence-electron chi connectivity index (χ2n) is 4.53. The highest BCUT2D eigenvalue weighted by Gasteiger charge is 2.28. The summed E-state index contributed by atoms with van der Waals surface area (Å²) in [6.45, 7) is 1.62. The highest BCUT2D eigenvalue weighted by Crippen LogP contribution is 2.32. The van der Waals surface area contributed by atoms with Gasteiger partial charge in [-0.2, -0.15) is 13.2 Å². The molecule has 0 aliphatic heterocycles. The minimum absolute atomic E-state index is 0.0417. The molecular formula is C14H19F4NOS. The maximum Gasteiger partial charge on any atom is 0.441 e. The van der Waals surface area contributed by atoms with Crippen molar-refractivity contribution in [1.29, 1.82) is 0 Å². The second kappa shape index (κ2) is 9.27. The Morgan fingerprint density at radius 1 is 1.33 bits per heavy atom. The molecule has 1 unspecified atom stereocenters. The Bertz CT molecular complexity index is 414. The molecule has 0 saturated carbocycles. The van der Waals surface area contributed by atoms with Gasteiger partial charge < -0.3 is 10.1 Å². The summed E-state index contributed by atoms with van der Waals surface area (Å²) in [5, 5.41) is 3.11. The van der Waals surface area contributed by atoms with Crippen molar-refractivity contribution in [3.63, 3.8) is 0 Å². The molecule has 0 bridgehead atoms. The van der Waals surface area contributed by atoms with E-state index >= 15 is 0 Å². The Labute approximate surface area is 126 Å². The fraction of sp³-hybridized carbons (Fsp3) is 0.571. The Kier molecular flexibility index (Phi) is 8.06. The van der Waals surface area contributed by atoms with Crippen LogP contribution in [0.3, 0.4) is 0 Å². The number of ether oxygens (including phenoxy) is 1. The lowest BCUT2D eigenvalue weighted by molar-refractivity contribution is -0.0328. The third-order valence-corrected chi connectivity index (χ3v) is 3.69. The first-order valence-electron chi connectivity index (χ1n) is 6.58. The van der Waals surface area contributed by atoms with Crippen molar-refractivity contribution < 1.29 is 22.3 Å². The monoisotopic (exact) mass is 325 g/mol. The van der Waals surface area contributed by atoms with Crippen LogP contribution in [0.25, 0.3) is 0 Å². The number of nitrogens with one attached hydrogen (secondary N) is 1. The third-order valence-electron chi connectivity index (χ3n) is 2.93. The maximum absolute atomic E-state index is 13.3. The summed E-state index contributed by atoms with van der Waals surface area (Å²) in [6.07, 6.45) is 0.327. The Balaban J connectivity index is 2.57. The van der Waals surface area contributed by atoms with Crippen molar-refractivity contribution in [3.8, 4) is 0 Å². The number of alkyl halides is 3. The Morgan fingerprint density at radius 2 is 2.10 bits per heavy atom. The normalized spacial score (nSPS) is 13.4. The van der Waals surface area contributed by atoms with Gasteiger partial charge in [-0.1, -0.05) is 23.9 Å². The van der Waals surface area contributed by atoms with Crippen LogP contribution in [0.1, 0.15) is 17.9 Å². The fourth-order valence-electron chi connectivity index (χ4n) is 1.91. The van der Waals surface area contributed by atoms with E-state index in [1.165, 1.54) is 12.1 Å². The molecule has 0 heterocycles. The van der Waals surface area contributed by atoms with Gasteiger partial charge in [0.15, 0.2) is 0 Å². The SMILES string of the molecule is COCCNCC(CCSC(F)(F)F)c1cccc(F)c1. The average molecular weight is 325 g/mol. The van der Waals surface area contributed by atoms with Gasteiger partial charge in [-0.25, -0.2) is 4.39 Å². The molecule has 0 aromatic heterocycles. The van der Waals surface area contributed by atoms with Crippen LogP contribution in [0, 0.1) is 5.82 Å². The summed E-state index contributed by atoms with van der Waals surface area (Å²) < 4.78 is 54.7. The number of hydrogen-bond acceptors (Lipinski definition) is 3. The van der Waals surface area contributed by atoms with Gasteiger partial charge in [0.05, 0.1) is 6.61 Å². The van der Waals surface area contributed by atoms with Gasteiger partial charge in [0.25, 0.3) is 0 Å². The van der Waals surface area contributed by atoms with E-state index in [4.69, 9.17) is 4.74 Å². The van der Waals surface area contributed by atoms with Crippen LogP contribution in [0.4, 0.5) is 17.6 Å². The first-order chi connectivity index (χ1) is 9.92. The Hall–Kier alpha value is -0.790. The first kappa shape index (κ1) is 18.3. The second-order valence-corrected chi connectivity index (χ2v) is 5.69. The molecule has 21 heavy (non-hydrogen) atoms. The number of methoxy groups -OCH3 is 1. The van der Waals surface area contributed by atoms with Crippen molar-refractivity contribution in [3.05, 3.63) is 35.6 Å². The number of halogens is 4. The fourth-order valence-corrected chi connectivity index (χ4v) is 2.55. The summed E-state index contributed by atoms with van der Waals surface area (Å²) >= 11 is -0.0417. The van der Waals surface area contributed by atoms with Crippen LogP contribution in [-0.4, -0.2) is 38.1 Å². The highest BCUT2D eigenvalue weighted by atomic mass is 32.2. The molecule has 7 heteroatoms. The van der Waals surface area contributed by atoms with E-state index in [1.54, 1.807) is 19.2 Å². The van der Waals surface area contributed by atoms with Crippen LogP contribution in [0.2, 0.25) is 0 Å². The van der Waals surface area contributed by atoms with Crippen molar-refractivity contribution in [2.45, 2.75) is 17.8 Å². The van der Waals surface area contributed by atoms with E-state index in [9.17, 15) is 17.6 Å². The molecule has 0 spiro atoms. The van der Waals surface area contributed by atoms with E-state index in [2.05, 4.69) is 5.32 Å². The Morgan fingerprint density at radius 3 is 2.71 bits per heavy atom. The highest BCUT2D eigenvalue weighted by molar-refractivity contribution is 8.00. The quantitative estimate of drug-likeness (QED) is 0.551. The van der Waals surface area contributed by atoms with Gasteiger partial charge in [-0.3, -0.25) is 0 Å². The maximum atomic E-state index is 13.3. The molecule has 120 valence electrons. The molecular weight excluding hydrogens is 306 g/mol. The number of benzene rings is 1. The third kappa shape index (κ3) is 8.28. The molecule has 0 radical (unpaired) electrons. The molecule has 1 rings (SSSR count). The summed E-state index contributed by atoms with van der Waals surface area (Å²) in [7, 11) is 1.58. The lowest BCUT2D eigenvalue weighted by Crippen LogP contribution is -2.25. The molecule has 1 aromatic rings. The molecule has 2 nitrogen and oxygen atoms in total. The lowest BCUT2D eigenvalue weighted by atomic mass is 9.96. The van der Waals surface area contributed by atoms with Gasteiger partial charge in [-0.05, 0) is 30.0 Å². The molecule has 0 aliphatic rings. The lowest BCUT2D eigenvalue weighted by Gasteiger charge is -2.18. The standard InChI is InChI=1S/C14H19F4NOS/c1-20-7-6-19-10-12(5-8-21-14(16,17)18)11-3-2-4-13(15)9-11/h2-4,9,12,19H,5-8,10H2,1H3. The molecule has 0 fully saturated rings. The predicted octanol–water partition coefficient (Wildman–Crippen LogP) is 3.79.